The van der Waals surface area contributed by atoms with E-state index in [1.165, 1.54) is 11.3 Å². The van der Waals surface area contributed by atoms with Crippen molar-refractivity contribution in [1.29, 1.82) is 0 Å². The monoisotopic (exact) mass is 332 g/mol. The van der Waals surface area contributed by atoms with E-state index in [0.717, 1.165) is 27.1 Å². The van der Waals surface area contributed by atoms with Crippen molar-refractivity contribution in [3.05, 3.63) is 41.0 Å². The highest BCUT2D eigenvalue weighted by molar-refractivity contribution is 9.10. The van der Waals surface area contributed by atoms with Gasteiger partial charge in [0.2, 0.25) is 0 Å². The zero-order valence-electron chi connectivity index (χ0n) is 8.87. The van der Waals surface area contributed by atoms with E-state index in [0.29, 0.717) is 11.4 Å². The molecule has 0 unspecified atom stereocenters. The average Bonchev–Trinajstić information content (AvgIpc) is 2.84. The standard InChI is InChI=1S/C10H9BrN2O2S2/c1-5-3-16-8(7(5)11)9(14)12-2-6-4-17-10(15)13-6/h3-4H,2H2,1H3,(H,12,14)(H,13,15). The molecule has 0 aliphatic rings. The molecule has 4 nitrogen and oxygen atoms in total. The van der Waals surface area contributed by atoms with Gasteiger partial charge in [0.15, 0.2) is 0 Å². The number of H-pyrrole nitrogens is 1. The van der Waals surface area contributed by atoms with E-state index in [2.05, 4.69) is 26.2 Å². The third kappa shape index (κ3) is 2.85. The average molecular weight is 333 g/mol. The second kappa shape index (κ2) is 5.16. The van der Waals surface area contributed by atoms with E-state index in [1.807, 2.05) is 12.3 Å². The highest BCUT2D eigenvalue weighted by atomic mass is 79.9. The predicted molar refractivity (Wildman–Crippen MR) is 72.9 cm³/mol. The van der Waals surface area contributed by atoms with Gasteiger partial charge in [-0.05, 0) is 33.8 Å². The maximum Gasteiger partial charge on any atom is 0.304 e. The molecule has 0 saturated carbocycles. The molecule has 0 radical (unpaired) electrons. The predicted octanol–water partition coefficient (Wildman–Crippen LogP) is 2.50. The molecule has 2 rings (SSSR count). The Bertz CT molecular complexity index is 599. The number of carbonyl (C=O) groups is 1. The summed E-state index contributed by atoms with van der Waals surface area (Å²) in [6.07, 6.45) is 0. The molecule has 2 aromatic rings. The van der Waals surface area contributed by atoms with E-state index in [4.69, 9.17) is 0 Å². The van der Waals surface area contributed by atoms with Crippen LogP contribution in [0.1, 0.15) is 20.9 Å². The number of amides is 1. The number of nitrogens with one attached hydrogen (secondary N) is 2. The molecule has 0 aliphatic carbocycles. The van der Waals surface area contributed by atoms with Crippen LogP contribution >= 0.6 is 38.6 Å². The van der Waals surface area contributed by atoms with Crippen molar-refractivity contribution in [2.24, 2.45) is 0 Å². The summed E-state index contributed by atoms with van der Waals surface area (Å²) in [5.41, 5.74) is 1.77. The van der Waals surface area contributed by atoms with Gasteiger partial charge in [0, 0.05) is 15.5 Å². The van der Waals surface area contributed by atoms with Gasteiger partial charge < -0.3 is 10.3 Å². The Labute approximate surface area is 114 Å². The van der Waals surface area contributed by atoms with Crippen LogP contribution in [0.4, 0.5) is 0 Å². The van der Waals surface area contributed by atoms with Crippen LogP contribution in [0.25, 0.3) is 0 Å². The van der Waals surface area contributed by atoms with Crippen LogP contribution in [-0.2, 0) is 6.54 Å². The molecular formula is C10H9BrN2O2S2. The number of halogens is 1. The molecule has 90 valence electrons. The summed E-state index contributed by atoms with van der Waals surface area (Å²) < 4.78 is 0.832. The Morgan fingerprint density at radius 1 is 1.47 bits per heavy atom. The lowest BCUT2D eigenvalue weighted by atomic mass is 10.3. The largest absolute Gasteiger partial charge is 0.346 e. The lowest BCUT2D eigenvalue weighted by Gasteiger charge is -2.02. The van der Waals surface area contributed by atoms with Gasteiger partial charge in [-0.15, -0.1) is 11.3 Å². The Hall–Kier alpha value is -0.920. The van der Waals surface area contributed by atoms with E-state index < -0.39 is 0 Å². The van der Waals surface area contributed by atoms with Crippen LogP contribution in [0, 0.1) is 6.92 Å². The molecule has 0 aliphatic heterocycles. The number of aryl methyl sites for hydroxylation is 1. The molecule has 0 bridgehead atoms. The number of thiophene rings is 1. The van der Waals surface area contributed by atoms with Crippen LogP contribution in [-0.4, -0.2) is 10.9 Å². The smallest absolute Gasteiger partial charge is 0.304 e. The van der Waals surface area contributed by atoms with Crippen molar-refractivity contribution in [2.75, 3.05) is 0 Å². The summed E-state index contributed by atoms with van der Waals surface area (Å²) in [5.74, 6) is -0.137. The van der Waals surface area contributed by atoms with Crippen molar-refractivity contribution in [3.63, 3.8) is 0 Å². The number of carbonyl (C=O) groups excluding carboxylic acids is 1. The van der Waals surface area contributed by atoms with E-state index in [1.54, 1.807) is 5.38 Å². The number of hydrogen-bond donors (Lipinski definition) is 2. The SMILES string of the molecule is Cc1csc(C(=O)NCc2csc(=O)[nH]2)c1Br. The molecule has 0 spiro atoms. The lowest BCUT2D eigenvalue weighted by molar-refractivity contribution is 0.0954. The Morgan fingerprint density at radius 3 is 2.76 bits per heavy atom. The minimum Gasteiger partial charge on any atom is -0.346 e. The summed E-state index contributed by atoms with van der Waals surface area (Å²) in [4.78, 5) is 25.9. The van der Waals surface area contributed by atoms with Crippen molar-refractivity contribution in [2.45, 2.75) is 13.5 Å². The van der Waals surface area contributed by atoms with E-state index >= 15 is 0 Å². The van der Waals surface area contributed by atoms with Crippen LogP contribution < -0.4 is 10.2 Å². The first-order chi connectivity index (χ1) is 8.08. The van der Waals surface area contributed by atoms with Crippen molar-refractivity contribution < 1.29 is 4.79 Å². The van der Waals surface area contributed by atoms with Gasteiger partial charge in [-0.2, -0.15) is 0 Å². The highest BCUT2D eigenvalue weighted by Crippen LogP contribution is 2.27. The lowest BCUT2D eigenvalue weighted by Crippen LogP contribution is -2.22. The van der Waals surface area contributed by atoms with Crippen molar-refractivity contribution in [3.8, 4) is 0 Å². The molecule has 17 heavy (non-hydrogen) atoms. The number of hydrogen-bond acceptors (Lipinski definition) is 4. The molecule has 2 aromatic heterocycles. The maximum absolute atomic E-state index is 11.8. The van der Waals surface area contributed by atoms with Crippen LogP contribution in [0.15, 0.2) is 20.0 Å². The molecule has 2 heterocycles. The van der Waals surface area contributed by atoms with Crippen LogP contribution in [0.2, 0.25) is 0 Å². The van der Waals surface area contributed by atoms with Gasteiger partial charge in [-0.3, -0.25) is 9.59 Å². The first-order valence-electron chi connectivity index (χ1n) is 4.76. The van der Waals surface area contributed by atoms with Crippen LogP contribution in [0.3, 0.4) is 0 Å². The van der Waals surface area contributed by atoms with Crippen molar-refractivity contribution in [1.82, 2.24) is 10.3 Å². The Balaban J connectivity index is 2.03. The molecule has 2 N–H and O–H groups in total. The van der Waals surface area contributed by atoms with Crippen LogP contribution in [0.5, 0.6) is 0 Å². The van der Waals surface area contributed by atoms with Gasteiger partial charge in [-0.1, -0.05) is 11.3 Å². The minimum atomic E-state index is -0.137. The van der Waals surface area contributed by atoms with Crippen molar-refractivity contribution >= 4 is 44.5 Å². The molecular weight excluding hydrogens is 324 g/mol. The van der Waals surface area contributed by atoms with Gasteiger partial charge in [0.05, 0.1) is 6.54 Å². The quantitative estimate of drug-likeness (QED) is 0.907. The molecule has 0 aromatic carbocycles. The molecule has 0 saturated heterocycles. The summed E-state index contributed by atoms with van der Waals surface area (Å²) in [6, 6.07) is 0. The van der Waals surface area contributed by atoms with Gasteiger partial charge in [0.25, 0.3) is 5.91 Å². The maximum atomic E-state index is 11.8. The number of aromatic nitrogens is 1. The number of rotatable bonds is 3. The molecule has 0 atom stereocenters. The third-order valence-electron chi connectivity index (χ3n) is 2.12. The number of aromatic amines is 1. The fourth-order valence-electron chi connectivity index (χ4n) is 1.24. The fraction of sp³-hybridized carbons (Fsp3) is 0.200. The first kappa shape index (κ1) is 12.5. The summed E-state index contributed by atoms with van der Waals surface area (Å²) in [5, 5.41) is 6.39. The first-order valence-corrected chi connectivity index (χ1v) is 7.31. The zero-order chi connectivity index (χ0) is 12.4. The summed E-state index contributed by atoms with van der Waals surface area (Å²) in [6.45, 7) is 2.27. The second-order valence-corrected chi connectivity index (χ2v) is 5.93. The molecule has 7 heteroatoms. The van der Waals surface area contributed by atoms with Gasteiger partial charge in [0.1, 0.15) is 4.88 Å². The highest BCUT2D eigenvalue weighted by Gasteiger charge is 2.13. The number of thiazole rings is 1. The summed E-state index contributed by atoms with van der Waals surface area (Å²) >= 11 is 5.86. The van der Waals surface area contributed by atoms with Gasteiger partial charge in [-0.25, -0.2) is 0 Å². The molecule has 0 fully saturated rings. The topological polar surface area (TPSA) is 62.0 Å². The van der Waals surface area contributed by atoms with E-state index in [-0.39, 0.29) is 10.8 Å². The summed E-state index contributed by atoms with van der Waals surface area (Å²) in [7, 11) is 0. The minimum absolute atomic E-state index is 0.109. The fourth-order valence-corrected chi connectivity index (χ4v) is 3.40. The van der Waals surface area contributed by atoms with Gasteiger partial charge >= 0.3 is 4.87 Å². The zero-order valence-corrected chi connectivity index (χ0v) is 12.1. The van der Waals surface area contributed by atoms with E-state index in [9.17, 15) is 9.59 Å². The molecule has 1 amide bonds. The third-order valence-corrected chi connectivity index (χ3v) is 5.22. The second-order valence-electron chi connectivity index (χ2n) is 3.42. The Kier molecular flexibility index (Phi) is 3.80. The Morgan fingerprint density at radius 2 is 2.24 bits per heavy atom. The normalized spacial score (nSPS) is 10.5.